The van der Waals surface area contributed by atoms with Gasteiger partial charge in [-0.15, -0.1) is 11.3 Å². The van der Waals surface area contributed by atoms with Gasteiger partial charge in [-0.05, 0) is 52.4 Å². The molecule has 0 radical (unpaired) electrons. The average molecular weight is 686 g/mol. The summed E-state index contributed by atoms with van der Waals surface area (Å²) in [5.74, 6) is -2.75. The van der Waals surface area contributed by atoms with Gasteiger partial charge in [-0.25, -0.2) is 15.0 Å². The molecule has 0 aliphatic carbocycles. The van der Waals surface area contributed by atoms with Crippen LogP contribution < -0.4 is 0 Å². The minimum atomic E-state index is -1.04. The van der Waals surface area contributed by atoms with Crippen molar-refractivity contribution in [3.05, 3.63) is 175 Å². The fraction of sp³-hybridized carbons (Fsp3) is 0.0217. The second-order valence-electron chi connectivity index (χ2n) is 10.3. The van der Waals surface area contributed by atoms with E-state index in [1.54, 1.807) is 0 Å². The number of hydrogen-bond acceptors (Lipinski definition) is 4. The molecule has 9 rings (SSSR count). The molecule has 0 atom stereocenters. The third kappa shape index (κ3) is 5.66. The summed E-state index contributed by atoms with van der Waals surface area (Å²) in [7, 11) is 0. The van der Waals surface area contributed by atoms with Crippen LogP contribution in [0.15, 0.2) is 169 Å². The second-order valence-corrected chi connectivity index (χ2v) is 11.3. The molecule has 0 N–H and O–H groups in total. The van der Waals surface area contributed by atoms with Gasteiger partial charge in [0.1, 0.15) is 0 Å². The van der Waals surface area contributed by atoms with Crippen molar-refractivity contribution < 1.29 is 38.4 Å². The third-order valence-corrected chi connectivity index (χ3v) is 8.24. The molecule has 0 aliphatic heterocycles. The Morgan fingerprint density at radius 2 is 0.900 bits per heavy atom. The first-order valence-electron chi connectivity index (χ1n) is 28.5. The molecule has 0 aliphatic rings. The highest BCUT2D eigenvalue weighted by Gasteiger charge is 2.15. The van der Waals surface area contributed by atoms with E-state index in [2.05, 4.69) is 15.0 Å². The molecule has 9 aromatic rings. The Morgan fingerprint density at radius 3 is 1.64 bits per heavy atom. The maximum atomic E-state index is 9.71. The maximum Gasteiger partial charge on any atom is 0.164 e. The molecule has 3 nitrogen and oxygen atoms in total. The molecule has 0 fully saturated rings. The van der Waals surface area contributed by atoms with Gasteiger partial charge in [-0.3, -0.25) is 0 Å². The lowest BCUT2D eigenvalue weighted by atomic mass is 10.0. The smallest absolute Gasteiger partial charge is 0.164 e. The number of nitrogens with zero attached hydrogens (tertiary/aromatic N) is 3. The monoisotopic (exact) mass is 685 g/mol. The summed E-state index contributed by atoms with van der Waals surface area (Å²) in [5, 5.41) is -0.495. The zero-order valence-electron chi connectivity index (χ0n) is 53.2. The molecular formula is C46H31N3S. The van der Waals surface area contributed by atoms with Crippen molar-refractivity contribution in [3.8, 4) is 67.5 Å². The van der Waals surface area contributed by atoms with Gasteiger partial charge in [0.15, 0.2) is 17.5 Å². The molecule has 0 unspecified atom stereocenters. The summed E-state index contributed by atoms with van der Waals surface area (Å²) in [5.41, 5.74) is -6.54. The van der Waals surface area contributed by atoms with E-state index in [1.807, 2.05) is 0 Å². The molecule has 236 valence electrons. The van der Waals surface area contributed by atoms with Crippen LogP contribution in [0.25, 0.3) is 87.7 Å². The molecule has 0 saturated heterocycles. The summed E-state index contributed by atoms with van der Waals surface area (Å²) in [4.78, 5) is 13.0. The molecule has 0 spiro atoms. The Kier molecular flexibility index (Phi) is 3.19. The largest absolute Gasteiger partial charge is 0.208 e. The Balaban J connectivity index is 1.42. The van der Waals surface area contributed by atoms with Gasteiger partial charge < -0.3 is 0 Å². The average Bonchev–Trinajstić information content (AvgIpc) is 4.04. The molecule has 7 aromatic carbocycles. The zero-order chi connectivity index (χ0) is 57.8. The van der Waals surface area contributed by atoms with Gasteiger partial charge in [-0.2, -0.15) is 0 Å². The van der Waals surface area contributed by atoms with Gasteiger partial charge in [0, 0.05) is 36.9 Å². The van der Waals surface area contributed by atoms with Gasteiger partial charge in [0.05, 0.1) is 38.4 Å². The van der Waals surface area contributed by atoms with Crippen molar-refractivity contribution in [2.24, 2.45) is 0 Å². The van der Waals surface area contributed by atoms with E-state index in [-0.39, 0.29) is 25.7 Å². The number of rotatable bonds is 6. The number of hydrogen-bond donors (Lipinski definition) is 0. The van der Waals surface area contributed by atoms with Crippen molar-refractivity contribution >= 4 is 31.5 Å². The summed E-state index contributed by atoms with van der Waals surface area (Å²) in [6, 6.07) is -23.6. The van der Waals surface area contributed by atoms with E-state index in [9.17, 15) is 8.22 Å². The first kappa shape index (κ1) is 12.6. The van der Waals surface area contributed by atoms with Crippen LogP contribution in [0.5, 0.6) is 0 Å². The van der Waals surface area contributed by atoms with Crippen LogP contribution in [0.1, 0.15) is 43.9 Å². The number of benzene rings is 7. The third-order valence-electron chi connectivity index (χ3n) is 7.12. The fourth-order valence-corrected chi connectivity index (χ4v) is 5.90. The second kappa shape index (κ2) is 12.7. The predicted molar refractivity (Wildman–Crippen MR) is 210 cm³/mol. The lowest BCUT2D eigenvalue weighted by molar-refractivity contribution is 1.07. The Bertz CT molecular complexity index is 4000. The van der Waals surface area contributed by atoms with E-state index < -0.39 is 237 Å². The minimum absolute atomic E-state index is 0.131. The number of thiophene rings is 1. The molecule has 0 saturated carbocycles. The van der Waals surface area contributed by atoms with Crippen LogP contribution in [-0.4, -0.2) is 15.0 Å². The van der Waals surface area contributed by atoms with Gasteiger partial charge in [0.2, 0.25) is 0 Å². The van der Waals surface area contributed by atoms with Gasteiger partial charge in [-0.1, -0.05) is 163 Å². The predicted octanol–water partition coefficient (Wildman–Crippen LogP) is 12.5. The normalized spacial score (nSPS) is 19.1. The van der Waals surface area contributed by atoms with Gasteiger partial charge in [0.25, 0.3) is 0 Å². The van der Waals surface area contributed by atoms with E-state index in [0.717, 1.165) is 0 Å². The Morgan fingerprint density at radius 1 is 0.400 bits per heavy atom. The number of aromatic nitrogens is 3. The Labute approximate surface area is 334 Å². The quantitative estimate of drug-likeness (QED) is 0.175. The first-order valence-corrected chi connectivity index (χ1v) is 15.3. The van der Waals surface area contributed by atoms with Crippen LogP contribution in [0.3, 0.4) is 0 Å². The topological polar surface area (TPSA) is 38.7 Å². The molecule has 0 amide bonds. The van der Waals surface area contributed by atoms with Crippen molar-refractivity contribution in [2.45, 2.75) is 6.92 Å². The highest BCUT2D eigenvalue weighted by atomic mass is 32.1. The summed E-state index contributed by atoms with van der Waals surface area (Å²) in [6.07, 6.45) is 0. The molecule has 50 heavy (non-hydrogen) atoms. The summed E-state index contributed by atoms with van der Waals surface area (Å²) < 4.78 is 246. The van der Waals surface area contributed by atoms with Crippen LogP contribution in [0, 0.1) is 6.92 Å². The summed E-state index contributed by atoms with van der Waals surface area (Å²) >= 11 is 0.629. The highest BCUT2D eigenvalue weighted by molar-refractivity contribution is 7.26. The molecule has 4 heteroatoms. The van der Waals surface area contributed by atoms with E-state index >= 15 is 0 Å². The minimum Gasteiger partial charge on any atom is -0.208 e. The van der Waals surface area contributed by atoms with Crippen molar-refractivity contribution in [2.75, 3.05) is 0 Å². The van der Waals surface area contributed by atoms with Crippen LogP contribution in [-0.2, 0) is 0 Å². The van der Waals surface area contributed by atoms with E-state index in [4.69, 9.17) is 30.2 Å². The maximum absolute atomic E-state index is 9.71. The lowest BCUT2D eigenvalue weighted by Gasteiger charge is -2.11. The lowest BCUT2D eigenvalue weighted by Crippen LogP contribution is -2.00. The number of fused-ring (bicyclic) bond motifs is 3. The Hall–Kier alpha value is -6.23. The molecule has 0 bridgehead atoms. The van der Waals surface area contributed by atoms with E-state index in [1.165, 1.54) is 6.92 Å². The SMILES string of the molecule is [2H]c1c([2H])c([2H])c(-c2c([2H])c([2H])c(-c3nc(-c4c([2H])c([2H])c(-c5c([2H])c([2H])c([2H])c(C)c5[2H])c([2H])c4[2H])nc(-c4c([2H])c([2H])c([2H])c(-c5c([2H])c([2H])c([2H])c6c5sc5c([2H])c([2H])c([2H])c([2H])c56)c4[2H])n3)c([2H])c2[2H])c([2H])c1[2H]. The highest BCUT2D eigenvalue weighted by Crippen LogP contribution is 2.40. The standard InChI is InChI=1S/C46H31N3S/c1-30-10-7-13-36(28-30)33-22-26-35(27-23-33)45-47-44(34-24-20-32(21-25-34)31-11-3-2-4-12-31)48-46(49-45)38-15-8-14-37(29-38)39-17-9-18-41-40-16-5-6-19-42(40)50-43(39)41/h2-29H,1H3/i2D,3D,4D,5D,6D,7D,8D,9D,10D,11D,12D,13D,14D,15D,16D,17D,18D,19D,20D,21D,22D,23D,24D,25D,26D,27D,28D,29D. The fourth-order valence-electron chi connectivity index (χ4n) is 4.83. The van der Waals surface area contributed by atoms with Crippen LogP contribution >= 0.6 is 11.3 Å². The first-order chi connectivity index (χ1) is 36.3. The summed E-state index contributed by atoms with van der Waals surface area (Å²) in [6.45, 7) is 1.28. The van der Waals surface area contributed by atoms with Gasteiger partial charge >= 0.3 is 0 Å². The van der Waals surface area contributed by atoms with E-state index in [0.29, 0.717) is 11.3 Å². The van der Waals surface area contributed by atoms with Crippen LogP contribution in [0.4, 0.5) is 0 Å². The van der Waals surface area contributed by atoms with Crippen molar-refractivity contribution in [1.29, 1.82) is 0 Å². The van der Waals surface area contributed by atoms with Crippen LogP contribution in [0.2, 0.25) is 0 Å². The zero-order valence-corrected chi connectivity index (χ0v) is 26.1. The van der Waals surface area contributed by atoms with Crippen molar-refractivity contribution in [1.82, 2.24) is 15.0 Å². The molecular weight excluding hydrogens is 627 g/mol. The molecule has 2 heterocycles. The molecule has 2 aromatic heterocycles. The van der Waals surface area contributed by atoms with Crippen molar-refractivity contribution in [3.63, 3.8) is 0 Å².